The van der Waals surface area contributed by atoms with Crippen molar-refractivity contribution < 1.29 is 5.11 Å². The molecule has 2 aromatic rings. The van der Waals surface area contributed by atoms with Gasteiger partial charge in [0.15, 0.2) is 0 Å². The Balaban J connectivity index is 2.02. The maximum atomic E-state index is 9.10. The Labute approximate surface area is 131 Å². The normalized spacial score (nSPS) is 12.7. The van der Waals surface area contributed by atoms with E-state index in [1.165, 1.54) is 0 Å². The van der Waals surface area contributed by atoms with Crippen molar-refractivity contribution in [3.8, 4) is 0 Å². The maximum absolute atomic E-state index is 9.10. The summed E-state index contributed by atoms with van der Waals surface area (Å²) in [6, 6.07) is 7.88. The molecular formula is C17H23ClN2O. The standard InChI is InChI=1S/C17H23ClN2O/c1-2-4-13(6-8-21)11-19-12-15-10-16(18)9-14-5-3-7-20-17(14)15/h3,5,7,9-10,13,19,21H,2,4,6,8,11-12H2,1H3. The third-order valence-electron chi connectivity index (χ3n) is 3.73. The summed E-state index contributed by atoms with van der Waals surface area (Å²) in [6.07, 6.45) is 4.96. The second-order valence-corrected chi connectivity index (χ2v) is 5.87. The number of hydrogen-bond acceptors (Lipinski definition) is 3. The number of fused-ring (bicyclic) bond motifs is 1. The molecule has 0 aliphatic heterocycles. The number of nitrogens with one attached hydrogen (secondary N) is 1. The molecule has 3 nitrogen and oxygen atoms in total. The van der Waals surface area contributed by atoms with Crippen LogP contribution in [-0.4, -0.2) is 23.2 Å². The SMILES string of the molecule is CCCC(CCO)CNCc1cc(Cl)cc2cccnc12. The van der Waals surface area contributed by atoms with Gasteiger partial charge < -0.3 is 10.4 Å². The van der Waals surface area contributed by atoms with Crippen LogP contribution in [0.2, 0.25) is 5.02 Å². The molecular weight excluding hydrogens is 284 g/mol. The van der Waals surface area contributed by atoms with Crippen molar-refractivity contribution in [3.05, 3.63) is 41.0 Å². The average Bonchev–Trinajstić information content (AvgIpc) is 2.47. The lowest BCUT2D eigenvalue weighted by atomic mass is 10.00. The van der Waals surface area contributed by atoms with Gasteiger partial charge in [-0.05, 0) is 49.1 Å². The van der Waals surface area contributed by atoms with Crippen LogP contribution in [0.5, 0.6) is 0 Å². The third kappa shape index (κ3) is 4.67. The second kappa shape index (κ2) is 8.32. The van der Waals surface area contributed by atoms with Gasteiger partial charge in [-0.15, -0.1) is 0 Å². The highest BCUT2D eigenvalue weighted by atomic mass is 35.5. The lowest BCUT2D eigenvalue weighted by Crippen LogP contribution is -2.23. The van der Waals surface area contributed by atoms with Crippen LogP contribution >= 0.6 is 11.6 Å². The number of aliphatic hydroxyl groups is 1. The molecule has 0 spiro atoms. The zero-order chi connectivity index (χ0) is 15.1. The molecule has 1 aromatic carbocycles. The number of aliphatic hydroxyl groups excluding tert-OH is 1. The fraction of sp³-hybridized carbons (Fsp3) is 0.471. The van der Waals surface area contributed by atoms with Crippen LogP contribution in [0.4, 0.5) is 0 Å². The van der Waals surface area contributed by atoms with Crippen LogP contribution in [0.1, 0.15) is 31.7 Å². The second-order valence-electron chi connectivity index (χ2n) is 5.44. The van der Waals surface area contributed by atoms with E-state index in [0.717, 1.165) is 53.8 Å². The molecule has 0 amide bonds. The summed E-state index contributed by atoms with van der Waals surface area (Å²) in [7, 11) is 0. The van der Waals surface area contributed by atoms with Crippen LogP contribution in [0, 0.1) is 5.92 Å². The Kier molecular flexibility index (Phi) is 6.43. The molecule has 1 heterocycles. The van der Waals surface area contributed by atoms with Crippen LogP contribution in [0.15, 0.2) is 30.5 Å². The van der Waals surface area contributed by atoms with Crippen molar-refractivity contribution in [2.45, 2.75) is 32.7 Å². The van der Waals surface area contributed by atoms with E-state index in [0.29, 0.717) is 5.92 Å². The largest absolute Gasteiger partial charge is 0.396 e. The van der Waals surface area contributed by atoms with Crippen molar-refractivity contribution >= 4 is 22.5 Å². The first kappa shape index (κ1) is 16.2. The molecule has 0 fully saturated rings. The van der Waals surface area contributed by atoms with E-state index in [9.17, 15) is 0 Å². The maximum Gasteiger partial charge on any atom is 0.0747 e. The van der Waals surface area contributed by atoms with E-state index in [4.69, 9.17) is 16.7 Å². The number of pyridine rings is 1. The van der Waals surface area contributed by atoms with Crippen LogP contribution < -0.4 is 5.32 Å². The van der Waals surface area contributed by atoms with E-state index >= 15 is 0 Å². The molecule has 0 radical (unpaired) electrons. The first-order valence-corrected chi connectivity index (χ1v) is 7.97. The van der Waals surface area contributed by atoms with Gasteiger partial charge in [-0.2, -0.15) is 0 Å². The molecule has 0 saturated carbocycles. The van der Waals surface area contributed by atoms with Crippen LogP contribution in [0.25, 0.3) is 10.9 Å². The summed E-state index contributed by atoms with van der Waals surface area (Å²) >= 11 is 6.18. The van der Waals surface area contributed by atoms with E-state index in [2.05, 4.69) is 17.2 Å². The Bertz CT molecular complexity index is 568. The van der Waals surface area contributed by atoms with Gasteiger partial charge in [-0.3, -0.25) is 4.98 Å². The first-order chi connectivity index (χ1) is 10.2. The van der Waals surface area contributed by atoms with Gasteiger partial charge in [-0.1, -0.05) is 31.0 Å². The number of benzene rings is 1. The number of nitrogens with zero attached hydrogens (tertiary/aromatic N) is 1. The number of hydrogen-bond donors (Lipinski definition) is 2. The Morgan fingerprint density at radius 1 is 1.33 bits per heavy atom. The van der Waals surface area contributed by atoms with Gasteiger partial charge >= 0.3 is 0 Å². The van der Waals surface area contributed by atoms with Crippen molar-refractivity contribution in [2.75, 3.05) is 13.2 Å². The van der Waals surface area contributed by atoms with E-state index in [1.807, 2.05) is 30.5 Å². The number of aromatic nitrogens is 1. The minimum Gasteiger partial charge on any atom is -0.396 e. The van der Waals surface area contributed by atoms with Gasteiger partial charge in [0.1, 0.15) is 0 Å². The smallest absolute Gasteiger partial charge is 0.0747 e. The van der Waals surface area contributed by atoms with E-state index < -0.39 is 0 Å². The van der Waals surface area contributed by atoms with Crippen LogP contribution in [0.3, 0.4) is 0 Å². The Morgan fingerprint density at radius 3 is 2.95 bits per heavy atom. The molecule has 0 aliphatic rings. The highest BCUT2D eigenvalue weighted by Gasteiger charge is 2.08. The molecule has 0 bridgehead atoms. The molecule has 114 valence electrons. The van der Waals surface area contributed by atoms with Gasteiger partial charge in [0, 0.05) is 29.8 Å². The average molecular weight is 307 g/mol. The quantitative estimate of drug-likeness (QED) is 0.780. The van der Waals surface area contributed by atoms with Crippen molar-refractivity contribution in [1.29, 1.82) is 0 Å². The van der Waals surface area contributed by atoms with Gasteiger partial charge in [-0.25, -0.2) is 0 Å². The van der Waals surface area contributed by atoms with Crippen molar-refractivity contribution in [3.63, 3.8) is 0 Å². The first-order valence-electron chi connectivity index (χ1n) is 7.59. The van der Waals surface area contributed by atoms with E-state index in [1.54, 1.807) is 0 Å². The minimum atomic E-state index is 0.258. The van der Waals surface area contributed by atoms with Gasteiger partial charge in [0.25, 0.3) is 0 Å². The highest BCUT2D eigenvalue weighted by molar-refractivity contribution is 6.31. The predicted molar refractivity (Wildman–Crippen MR) is 88.6 cm³/mol. The summed E-state index contributed by atoms with van der Waals surface area (Å²) in [5.41, 5.74) is 2.13. The lowest BCUT2D eigenvalue weighted by molar-refractivity contribution is 0.248. The number of halogens is 1. The zero-order valence-electron chi connectivity index (χ0n) is 12.5. The Morgan fingerprint density at radius 2 is 2.19 bits per heavy atom. The van der Waals surface area contributed by atoms with Gasteiger partial charge in [0.05, 0.1) is 5.52 Å². The lowest BCUT2D eigenvalue weighted by Gasteiger charge is -2.16. The molecule has 1 unspecified atom stereocenters. The molecule has 21 heavy (non-hydrogen) atoms. The molecule has 2 rings (SSSR count). The monoisotopic (exact) mass is 306 g/mol. The van der Waals surface area contributed by atoms with E-state index in [-0.39, 0.29) is 6.61 Å². The summed E-state index contributed by atoms with van der Waals surface area (Å²) in [5.74, 6) is 0.526. The summed E-state index contributed by atoms with van der Waals surface area (Å²) in [5, 5.41) is 14.4. The minimum absolute atomic E-state index is 0.258. The number of rotatable bonds is 8. The topological polar surface area (TPSA) is 45.1 Å². The molecule has 0 aliphatic carbocycles. The third-order valence-corrected chi connectivity index (χ3v) is 3.95. The summed E-state index contributed by atoms with van der Waals surface area (Å²) in [4.78, 5) is 4.45. The van der Waals surface area contributed by atoms with Crippen LogP contribution in [-0.2, 0) is 6.54 Å². The predicted octanol–water partition coefficient (Wildman–Crippen LogP) is 3.78. The summed E-state index contributed by atoms with van der Waals surface area (Å²) < 4.78 is 0. The molecule has 1 atom stereocenters. The molecule has 1 aromatic heterocycles. The highest BCUT2D eigenvalue weighted by Crippen LogP contribution is 2.22. The summed E-state index contributed by atoms with van der Waals surface area (Å²) in [6.45, 7) is 4.10. The van der Waals surface area contributed by atoms with Crippen molar-refractivity contribution in [1.82, 2.24) is 10.3 Å². The fourth-order valence-electron chi connectivity index (χ4n) is 2.71. The molecule has 2 N–H and O–H groups in total. The molecule has 0 saturated heterocycles. The zero-order valence-corrected chi connectivity index (χ0v) is 13.2. The fourth-order valence-corrected chi connectivity index (χ4v) is 2.96. The van der Waals surface area contributed by atoms with Crippen molar-refractivity contribution in [2.24, 2.45) is 5.92 Å². The molecule has 4 heteroatoms. The van der Waals surface area contributed by atoms with Gasteiger partial charge in [0.2, 0.25) is 0 Å². The Hall–Kier alpha value is -1.16.